The number of halogens is 3. The molecule has 0 heterocycles. The number of alkyl halides is 3. The first kappa shape index (κ1) is 6.39. The second-order valence-electron chi connectivity index (χ2n) is 0.768. The standard InChI is InChI=1S/C2H3F3N2/c1-6-7-2(3,4)5/h1H3. The van der Waals surface area contributed by atoms with Crippen molar-refractivity contribution in [3.8, 4) is 0 Å². The number of hydrogen-bond donors (Lipinski definition) is 0. The van der Waals surface area contributed by atoms with E-state index < -0.39 is 6.30 Å². The third-order valence-electron chi connectivity index (χ3n) is 0.213. The molecule has 0 N–H and O–H groups in total. The Morgan fingerprint density at radius 2 is 1.71 bits per heavy atom. The molecule has 0 amide bonds. The van der Waals surface area contributed by atoms with Gasteiger partial charge in [-0.15, -0.1) is 13.2 Å². The summed E-state index contributed by atoms with van der Waals surface area (Å²) in [6.07, 6.45) is -4.49. The van der Waals surface area contributed by atoms with E-state index in [9.17, 15) is 13.2 Å². The Morgan fingerprint density at radius 3 is 1.71 bits per heavy atom. The molecule has 5 heteroatoms. The Hall–Kier alpha value is -0.610. The molecule has 0 radical (unpaired) electrons. The van der Waals surface area contributed by atoms with Gasteiger partial charge in [0.25, 0.3) is 0 Å². The van der Waals surface area contributed by atoms with Gasteiger partial charge in [-0.2, -0.15) is 5.11 Å². The van der Waals surface area contributed by atoms with Crippen molar-refractivity contribution in [3.63, 3.8) is 0 Å². The van der Waals surface area contributed by atoms with Crippen molar-refractivity contribution in [2.24, 2.45) is 10.2 Å². The molecule has 0 saturated heterocycles. The summed E-state index contributed by atoms with van der Waals surface area (Å²) in [5.41, 5.74) is 0. The first-order valence-electron chi connectivity index (χ1n) is 1.44. The minimum atomic E-state index is -4.49. The predicted molar refractivity (Wildman–Crippen MR) is 16.8 cm³/mol. The lowest BCUT2D eigenvalue weighted by molar-refractivity contribution is -0.125. The molecule has 0 bridgehead atoms. The Kier molecular flexibility index (Phi) is 1.74. The largest absolute Gasteiger partial charge is 0.520 e. The summed E-state index contributed by atoms with van der Waals surface area (Å²) in [7, 11) is 0.966. The number of hydrogen-bond acceptors (Lipinski definition) is 2. The van der Waals surface area contributed by atoms with Crippen molar-refractivity contribution >= 4 is 0 Å². The predicted octanol–water partition coefficient (Wildman–Crippen LogP) is 1.59. The molecule has 0 unspecified atom stereocenters. The van der Waals surface area contributed by atoms with E-state index in [-0.39, 0.29) is 0 Å². The molecule has 0 aromatic heterocycles. The van der Waals surface area contributed by atoms with E-state index in [0.717, 1.165) is 7.05 Å². The van der Waals surface area contributed by atoms with Crippen LogP contribution in [0.5, 0.6) is 0 Å². The molecule has 0 atom stereocenters. The van der Waals surface area contributed by atoms with Gasteiger partial charge in [0, 0.05) is 7.05 Å². The van der Waals surface area contributed by atoms with Crippen LogP contribution in [0.4, 0.5) is 13.2 Å². The molecule has 7 heavy (non-hydrogen) atoms. The van der Waals surface area contributed by atoms with E-state index in [1.54, 1.807) is 0 Å². The van der Waals surface area contributed by atoms with Crippen LogP contribution in [0.3, 0.4) is 0 Å². The summed E-state index contributed by atoms with van der Waals surface area (Å²) in [6.45, 7) is 0. The van der Waals surface area contributed by atoms with E-state index in [0.29, 0.717) is 0 Å². The van der Waals surface area contributed by atoms with Gasteiger partial charge in [0.15, 0.2) is 0 Å². The van der Waals surface area contributed by atoms with E-state index in [1.807, 2.05) is 5.11 Å². The van der Waals surface area contributed by atoms with Gasteiger partial charge in [0.2, 0.25) is 0 Å². The molecule has 0 aliphatic heterocycles. The quantitative estimate of drug-likeness (QED) is 0.336. The fourth-order valence-electron chi connectivity index (χ4n) is 0.113. The van der Waals surface area contributed by atoms with E-state index in [2.05, 4.69) is 5.11 Å². The van der Waals surface area contributed by atoms with Crippen LogP contribution in [0, 0.1) is 0 Å². The lowest BCUT2D eigenvalue weighted by Gasteiger charge is -1.90. The Morgan fingerprint density at radius 1 is 1.29 bits per heavy atom. The van der Waals surface area contributed by atoms with Crippen LogP contribution >= 0.6 is 0 Å². The van der Waals surface area contributed by atoms with Gasteiger partial charge in [-0.05, 0) is 0 Å². The minimum absolute atomic E-state index is 0.966. The van der Waals surface area contributed by atoms with Crippen LogP contribution in [0.1, 0.15) is 0 Å². The zero-order valence-corrected chi connectivity index (χ0v) is 3.53. The molecule has 0 saturated carbocycles. The summed E-state index contributed by atoms with van der Waals surface area (Å²) < 4.78 is 32.4. The van der Waals surface area contributed by atoms with Crippen LogP contribution in [-0.2, 0) is 0 Å². The zero-order chi connectivity index (χ0) is 5.91. The lowest BCUT2D eigenvalue weighted by Crippen LogP contribution is -1.99. The van der Waals surface area contributed by atoms with Crippen LogP contribution in [0.25, 0.3) is 0 Å². The maximum atomic E-state index is 10.8. The smallest absolute Gasteiger partial charge is 0.189 e. The van der Waals surface area contributed by atoms with Crippen molar-refractivity contribution < 1.29 is 13.2 Å². The lowest BCUT2D eigenvalue weighted by atomic mass is 11.2. The van der Waals surface area contributed by atoms with Crippen molar-refractivity contribution in [2.45, 2.75) is 6.30 Å². The molecular formula is C2H3F3N2. The number of azo groups is 1. The maximum Gasteiger partial charge on any atom is 0.520 e. The van der Waals surface area contributed by atoms with Gasteiger partial charge < -0.3 is 0 Å². The maximum absolute atomic E-state index is 10.8. The average Bonchev–Trinajstić information content (AvgIpc) is 1.30. The Balaban J connectivity index is 3.56. The van der Waals surface area contributed by atoms with Gasteiger partial charge in [-0.1, -0.05) is 5.11 Å². The Labute approximate surface area is 38.0 Å². The highest BCUT2D eigenvalue weighted by molar-refractivity contribution is 4.33. The molecule has 0 aliphatic carbocycles. The molecule has 2 nitrogen and oxygen atoms in total. The van der Waals surface area contributed by atoms with Gasteiger partial charge >= 0.3 is 6.30 Å². The minimum Gasteiger partial charge on any atom is -0.189 e. The first-order chi connectivity index (χ1) is 3.06. The van der Waals surface area contributed by atoms with Crippen molar-refractivity contribution in [2.75, 3.05) is 7.05 Å². The second kappa shape index (κ2) is 1.90. The monoisotopic (exact) mass is 112 g/mol. The van der Waals surface area contributed by atoms with Gasteiger partial charge in [0.1, 0.15) is 0 Å². The molecule has 42 valence electrons. The summed E-state index contributed by atoms with van der Waals surface area (Å²) in [6, 6.07) is 0. The summed E-state index contributed by atoms with van der Waals surface area (Å²) in [5.74, 6) is 0. The highest BCUT2D eigenvalue weighted by Gasteiger charge is 2.25. The Bertz CT molecular complexity index is 73.5. The van der Waals surface area contributed by atoms with Crippen LogP contribution in [0.15, 0.2) is 10.2 Å². The fourth-order valence-corrected chi connectivity index (χ4v) is 0.113. The molecular weight excluding hydrogens is 109 g/mol. The van der Waals surface area contributed by atoms with Gasteiger partial charge in [0.05, 0.1) is 0 Å². The molecule has 0 rings (SSSR count). The third-order valence-corrected chi connectivity index (χ3v) is 0.213. The normalized spacial score (nSPS) is 13.1. The van der Waals surface area contributed by atoms with Crippen LogP contribution < -0.4 is 0 Å². The van der Waals surface area contributed by atoms with E-state index in [1.165, 1.54) is 0 Å². The van der Waals surface area contributed by atoms with Crippen molar-refractivity contribution in [1.29, 1.82) is 0 Å². The average molecular weight is 112 g/mol. The van der Waals surface area contributed by atoms with Crippen molar-refractivity contribution in [1.82, 2.24) is 0 Å². The van der Waals surface area contributed by atoms with Crippen LogP contribution in [-0.4, -0.2) is 13.3 Å². The summed E-state index contributed by atoms with van der Waals surface area (Å²) >= 11 is 0. The zero-order valence-electron chi connectivity index (χ0n) is 3.53. The van der Waals surface area contributed by atoms with Crippen molar-refractivity contribution in [3.05, 3.63) is 0 Å². The summed E-state index contributed by atoms with van der Waals surface area (Å²) in [5, 5.41) is 4.39. The number of rotatable bonds is 0. The van der Waals surface area contributed by atoms with E-state index in [4.69, 9.17) is 0 Å². The number of nitrogens with zero attached hydrogens (tertiary/aromatic N) is 2. The third kappa shape index (κ3) is 5.39. The highest BCUT2D eigenvalue weighted by Crippen LogP contribution is 2.15. The van der Waals surface area contributed by atoms with Crippen LogP contribution in [0.2, 0.25) is 0 Å². The van der Waals surface area contributed by atoms with Gasteiger partial charge in [-0.3, -0.25) is 0 Å². The molecule has 0 aromatic carbocycles. The molecule has 0 fully saturated rings. The molecule has 0 aliphatic rings. The topological polar surface area (TPSA) is 24.7 Å². The van der Waals surface area contributed by atoms with Gasteiger partial charge in [-0.25, -0.2) is 0 Å². The molecule has 0 aromatic rings. The first-order valence-corrected chi connectivity index (χ1v) is 1.44. The summed E-state index contributed by atoms with van der Waals surface area (Å²) in [4.78, 5) is 0. The second-order valence-corrected chi connectivity index (χ2v) is 0.768. The fraction of sp³-hybridized carbons (Fsp3) is 1.00. The SMILES string of the molecule is CN=NC(F)(F)F. The highest BCUT2D eigenvalue weighted by atomic mass is 19.4. The van der Waals surface area contributed by atoms with E-state index >= 15 is 0 Å². The molecule has 0 spiro atoms.